The van der Waals surface area contributed by atoms with Gasteiger partial charge in [-0.05, 0) is 48.9 Å². The zero-order valence-electron chi connectivity index (χ0n) is 14.9. The molecule has 1 heterocycles. The quantitative estimate of drug-likeness (QED) is 0.746. The molecular weight excluding hydrogens is 404 g/mol. The third-order valence-electron chi connectivity index (χ3n) is 3.89. The van der Waals surface area contributed by atoms with Crippen LogP contribution >= 0.6 is 23.4 Å². The van der Waals surface area contributed by atoms with Crippen molar-refractivity contribution in [2.24, 2.45) is 4.99 Å². The number of amides is 1. The van der Waals surface area contributed by atoms with Crippen molar-refractivity contribution >= 4 is 50.0 Å². The number of carbonyl (C=O) groups is 1. The summed E-state index contributed by atoms with van der Waals surface area (Å²) in [6.45, 7) is 2.00. The first-order valence-electron chi connectivity index (χ1n) is 8.30. The van der Waals surface area contributed by atoms with Crippen LogP contribution in [0.4, 0.5) is 5.69 Å². The van der Waals surface area contributed by atoms with Crippen molar-refractivity contribution in [2.45, 2.75) is 18.7 Å². The number of halogens is 1. The second-order valence-electron chi connectivity index (χ2n) is 6.46. The molecule has 3 rings (SSSR count). The Morgan fingerprint density at radius 1 is 1.19 bits per heavy atom. The van der Waals surface area contributed by atoms with Gasteiger partial charge in [0, 0.05) is 22.6 Å². The Morgan fingerprint density at radius 3 is 2.33 bits per heavy atom. The van der Waals surface area contributed by atoms with Gasteiger partial charge >= 0.3 is 0 Å². The molecule has 0 spiro atoms. The van der Waals surface area contributed by atoms with Crippen LogP contribution in [0.1, 0.15) is 22.8 Å². The van der Waals surface area contributed by atoms with E-state index in [1.54, 1.807) is 53.4 Å². The molecule has 0 saturated carbocycles. The molecule has 0 fully saturated rings. The Hall–Kier alpha value is -1.83. The number of nitrogens with zero attached hydrogens (tertiary/aromatic N) is 2. The summed E-state index contributed by atoms with van der Waals surface area (Å²) >= 11 is 7.51. The van der Waals surface area contributed by atoms with Crippen molar-refractivity contribution < 1.29 is 13.2 Å². The van der Waals surface area contributed by atoms with Crippen molar-refractivity contribution in [3.8, 4) is 0 Å². The highest BCUT2D eigenvalue weighted by atomic mass is 35.5. The van der Waals surface area contributed by atoms with Gasteiger partial charge in [-0.3, -0.25) is 14.7 Å². The topological polar surface area (TPSA) is 66.8 Å². The van der Waals surface area contributed by atoms with E-state index in [2.05, 4.69) is 4.99 Å². The van der Waals surface area contributed by atoms with E-state index in [0.29, 0.717) is 27.0 Å². The number of anilines is 1. The summed E-state index contributed by atoms with van der Waals surface area (Å²) in [6, 6.07) is 13.8. The lowest BCUT2D eigenvalue weighted by atomic mass is 10.1. The average molecular weight is 423 g/mol. The molecule has 0 saturated heterocycles. The van der Waals surface area contributed by atoms with E-state index in [4.69, 9.17) is 11.6 Å². The van der Waals surface area contributed by atoms with Crippen molar-refractivity contribution in [3.63, 3.8) is 0 Å². The standard InChI is InChI=1S/C19H19ClN2O3S2/c1-13-11-26-19(21-13)22(17-9-7-16(20)8-10-17)18(23)15-5-3-14(4-6-15)12-27(2,24)25/h3-10,13H,11-12H2,1-2H3/t13-/m1/s1. The Labute approximate surface area is 168 Å². The monoisotopic (exact) mass is 422 g/mol. The van der Waals surface area contributed by atoms with Gasteiger partial charge in [-0.15, -0.1) is 0 Å². The number of hydrogen-bond donors (Lipinski definition) is 0. The third-order valence-corrected chi connectivity index (χ3v) is 6.20. The molecule has 0 aromatic heterocycles. The smallest absolute Gasteiger partial charge is 0.264 e. The number of carbonyl (C=O) groups excluding carboxylic acids is 1. The maximum absolute atomic E-state index is 13.2. The van der Waals surface area contributed by atoms with Crippen LogP contribution in [0.15, 0.2) is 53.5 Å². The van der Waals surface area contributed by atoms with Gasteiger partial charge in [0.25, 0.3) is 5.91 Å². The molecule has 2 aromatic rings. The fourth-order valence-corrected chi connectivity index (χ4v) is 4.62. The molecule has 27 heavy (non-hydrogen) atoms. The molecule has 1 aliphatic rings. The zero-order valence-corrected chi connectivity index (χ0v) is 17.3. The van der Waals surface area contributed by atoms with Crippen LogP contribution in [0.3, 0.4) is 0 Å². The lowest BCUT2D eigenvalue weighted by molar-refractivity contribution is 0.100. The summed E-state index contributed by atoms with van der Waals surface area (Å²) in [7, 11) is -3.12. The van der Waals surface area contributed by atoms with Gasteiger partial charge < -0.3 is 0 Å². The number of rotatable bonds is 4. The van der Waals surface area contributed by atoms with Crippen molar-refractivity contribution in [1.29, 1.82) is 0 Å². The highest BCUT2D eigenvalue weighted by Gasteiger charge is 2.27. The van der Waals surface area contributed by atoms with E-state index in [1.807, 2.05) is 6.92 Å². The second-order valence-corrected chi connectivity index (χ2v) is 10.0. The minimum Gasteiger partial charge on any atom is -0.268 e. The Morgan fingerprint density at radius 2 is 1.81 bits per heavy atom. The highest BCUT2D eigenvalue weighted by Crippen LogP contribution is 2.28. The maximum atomic E-state index is 13.2. The molecule has 1 amide bonds. The summed E-state index contributed by atoms with van der Waals surface area (Å²) in [5, 5.41) is 1.24. The summed E-state index contributed by atoms with van der Waals surface area (Å²) in [4.78, 5) is 19.4. The summed E-state index contributed by atoms with van der Waals surface area (Å²) < 4.78 is 22.9. The van der Waals surface area contributed by atoms with E-state index in [0.717, 1.165) is 5.75 Å². The van der Waals surface area contributed by atoms with E-state index in [1.165, 1.54) is 18.0 Å². The lowest BCUT2D eigenvalue weighted by Crippen LogP contribution is -2.34. The first kappa shape index (κ1) is 19.9. The largest absolute Gasteiger partial charge is 0.268 e. The molecule has 0 N–H and O–H groups in total. The molecule has 8 heteroatoms. The Kier molecular flexibility index (Phi) is 5.93. The molecule has 0 unspecified atom stereocenters. The van der Waals surface area contributed by atoms with Gasteiger partial charge in [-0.2, -0.15) is 0 Å². The number of sulfone groups is 1. The summed E-state index contributed by atoms with van der Waals surface area (Å²) in [5.41, 5.74) is 1.79. The maximum Gasteiger partial charge on any atom is 0.264 e. The normalized spacial score (nSPS) is 16.9. The number of aliphatic imine (C=N–C) groups is 1. The van der Waals surface area contributed by atoms with Gasteiger partial charge in [-0.25, -0.2) is 8.42 Å². The Bertz CT molecular complexity index is 971. The van der Waals surface area contributed by atoms with Gasteiger partial charge in [0.05, 0.1) is 17.5 Å². The van der Waals surface area contributed by atoms with Crippen LogP contribution in [-0.2, 0) is 15.6 Å². The molecule has 0 radical (unpaired) electrons. The molecule has 142 valence electrons. The number of amidine groups is 1. The zero-order chi connectivity index (χ0) is 19.6. The molecule has 0 aliphatic carbocycles. The van der Waals surface area contributed by atoms with E-state index in [-0.39, 0.29) is 17.7 Å². The van der Waals surface area contributed by atoms with Gasteiger partial charge in [0.1, 0.15) is 0 Å². The van der Waals surface area contributed by atoms with E-state index >= 15 is 0 Å². The van der Waals surface area contributed by atoms with Crippen molar-refractivity contribution in [1.82, 2.24) is 0 Å². The van der Waals surface area contributed by atoms with Crippen LogP contribution in [0.25, 0.3) is 0 Å². The molecule has 5 nitrogen and oxygen atoms in total. The molecule has 1 atom stereocenters. The predicted molar refractivity (Wildman–Crippen MR) is 113 cm³/mol. The molecular formula is C19H19ClN2O3S2. The van der Waals surface area contributed by atoms with E-state index < -0.39 is 9.84 Å². The summed E-state index contributed by atoms with van der Waals surface area (Å²) in [6.07, 6.45) is 1.19. The molecule has 2 aromatic carbocycles. The molecule has 1 aliphatic heterocycles. The SMILES string of the molecule is C[C@@H]1CSC(N(C(=O)c2ccc(CS(C)(=O)=O)cc2)c2ccc(Cl)cc2)=N1. The van der Waals surface area contributed by atoms with Crippen LogP contribution < -0.4 is 4.90 Å². The third kappa shape index (κ3) is 5.12. The van der Waals surface area contributed by atoms with Gasteiger partial charge in [0.15, 0.2) is 15.0 Å². The summed E-state index contributed by atoms with van der Waals surface area (Å²) in [5.74, 6) is 0.547. The average Bonchev–Trinajstić information content (AvgIpc) is 3.02. The highest BCUT2D eigenvalue weighted by molar-refractivity contribution is 8.14. The number of benzene rings is 2. The fraction of sp³-hybridized carbons (Fsp3) is 0.263. The lowest BCUT2D eigenvalue weighted by Gasteiger charge is -2.22. The van der Waals surface area contributed by atoms with Crippen LogP contribution in [0, 0.1) is 0 Å². The fourth-order valence-electron chi connectivity index (χ4n) is 2.66. The minimum atomic E-state index is -3.12. The number of thioether (sulfide) groups is 1. The second kappa shape index (κ2) is 8.04. The van der Waals surface area contributed by atoms with Crippen LogP contribution in [0.5, 0.6) is 0 Å². The molecule has 0 bridgehead atoms. The van der Waals surface area contributed by atoms with Gasteiger partial charge in [0.2, 0.25) is 0 Å². The number of hydrogen-bond acceptors (Lipinski definition) is 5. The van der Waals surface area contributed by atoms with Crippen LogP contribution in [-0.4, -0.2) is 37.5 Å². The van der Waals surface area contributed by atoms with Crippen molar-refractivity contribution in [3.05, 3.63) is 64.7 Å². The Balaban J connectivity index is 1.93. The van der Waals surface area contributed by atoms with E-state index in [9.17, 15) is 13.2 Å². The van der Waals surface area contributed by atoms with Crippen LogP contribution in [0.2, 0.25) is 5.02 Å². The van der Waals surface area contributed by atoms with Gasteiger partial charge in [-0.1, -0.05) is 35.5 Å². The first-order chi connectivity index (χ1) is 12.7. The minimum absolute atomic E-state index is 0.0531. The first-order valence-corrected chi connectivity index (χ1v) is 11.7. The van der Waals surface area contributed by atoms with Crippen molar-refractivity contribution in [2.75, 3.05) is 16.9 Å². The predicted octanol–water partition coefficient (Wildman–Crippen LogP) is 4.02.